The van der Waals surface area contributed by atoms with Crippen LogP contribution in [0.15, 0.2) is 49.1 Å². The molecule has 57 heavy (non-hydrogen) atoms. The smallest absolute Gasteiger partial charge is 0.408 e. The summed E-state index contributed by atoms with van der Waals surface area (Å²) in [6.07, 6.45) is 5.07. The van der Waals surface area contributed by atoms with Gasteiger partial charge in [-0.3, -0.25) is 19.1 Å². The third-order valence-electron chi connectivity index (χ3n) is 10.9. The second kappa shape index (κ2) is 16.4. The lowest BCUT2D eigenvalue weighted by Gasteiger charge is -2.35. The molecular formula is C40H57N7O8SSi. The molecule has 4 N–H and O–H groups in total. The summed E-state index contributed by atoms with van der Waals surface area (Å²) in [4.78, 5) is 66.7. The molecule has 15 nitrogen and oxygen atoms in total. The highest BCUT2D eigenvalue weighted by Crippen LogP contribution is 2.45. The number of hydrogen-bond acceptors (Lipinski definition) is 11. The molecule has 4 fully saturated rings. The first-order valence-electron chi connectivity index (χ1n) is 19.9. The Labute approximate surface area is 336 Å². The second-order valence-electron chi connectivity index (χ2n) is 18.1. The highest BCUT2D eigenvalue weighted by Gasteiger charge is 2.62. The highest BCUT2D eigenvalue weighted by molar-refractivity contribution is 7.91. The van der Waals surface area contributed by atoms with Crippen LogP contribution in [0.25, 0.3) is 11.4 Å². The molecule has 2 aromatic rings. The standard InChI is InChI=1S/C40H57N7O8SSi/c1-8-26-22-40(26,37(50)46-56(52,53)29-18-19-29)45-35(48)30-20-28(23-47(30)36(49)33(39(2,3)4)44-38(51)55-27-16-12-13-17-27)54-32-21-31(41-24-57(5,6)7)42-34(43-32)25-14-10-9-11-15-25/h8-11,14-15,21,26-30,33H,1,12-13,16-20,22-24H2,2-7H3,(H,44,51)(H,45,48)(H,46,50)(H,41,42,43)/t26-,28-,30+,33-,40-/m1/s1. The van der Waals surface area contributed by atoms with E-state index in [0.29, 0.717) is 24.5 Å². The number of nitrogens with one attached hydrogen (secondary N) is 4. The summed E-state index contributed by atoms with van der Waals surface area (Å²) in [6.45, 7) is 15.9. The molecule has 1 aliphatic heterocycles. The molecule has 4 amide bonds. The molecule has 0 radical (unpaired) electrons. The number of aromatic nitrogens is 2. The Bertz CT molecular complexity index is 1960. The van der Waals surface area contributed by atoms with Crippen molar-refractivity contribution in [1.29, 1.82) is 0 Å². The lowest BCUT2D eigenvalue weighted by Crippen LogP contribution is -2.60. The van der Waals surface area contributed by atoms with E-state index in [4.69, 9.17) is 19.4 Å². The van der Waals surface area contributed by atoms with Crippen LogP contribution >= 0.6 is 0 Å². The van der Waals surface area contributed by atoms with E-state index in [0.717, 1.165) is 37.4 Å². The van der Waals surface area contributed by atoms with Crippen molar-refractivity contribution >= 4 is 47.7 Å². The Hall–Kier alpha value is -4.51. The van der Waals surface area contributed by atoms with E-state index in [-0.39, 0.29) is 31.4 Å². The topological polar surface area (TPSA) is 198 Å². The largest absolute Gasteiger partial charge is 0.472 e. The zero-order chi connectivity index (χ0) is 41.3. The minimum atomic E-state index is -3.91. The number of benzene rings is 1. The van der Waals surface area contributed by atoms with Gasteiger partial charge in [0, 0.05) is 30.1 Å². The summed E-state index contributed by atoms with van der Waals surface area (Å²) in [5.74, 6) is -1.33. The van der Waals surface area contributed by atoms with Gasteiger partial charge in [-0.2, -0.15) is 4.98 Å². The van der Waals surface area contributed by atoms with Gasteiger partial charge in [0.1, 0.15) is 35.6 Å². The Kier molecular flexibility index (Phi) is 12.1. The van der Waals surface area contributed by atoms with Gasteiger partial charge in [0.2, 0.25) is 27.7 Å². The molecule has 4 aliphatic rings. The van der Waals surface area contributed by atoms with Gasteiger partial charge in [-0.15, -0.1) is 6.58 Å². The van der Waals surface area contributed by atoms with Crippen LogP contribution in [0.1, 0.15) is 72.1 Å². The van der Waals surface area contributed by atoms with Gasteiger partial charge in [-0.1, -0.05) is 76.8 Å². The maximum Gasteiger partial charge on any atom is 0.408 e. The molecule has 3 aliphatic carbocycles. The SMILES string of the molecule is C=C[C@@H]1C[C@]1(NC(=O)[C@@H]1C[C@@H](Oc2cc(NC[Si](C)(C)C)nc(-c3ccccc3)n2)CN1C(=O)[C@@H](NC(=O)OC1CCCC1)C(C)(C)C)C(=O)NS(=O)(=O)C1CC1. The lowest BCUT2D eigenvalue weighted by atomic mass is 9.85. The predicted octanol–water partition coefficient (Wildman–Crippen LogP) is 4.53. The van der Waals surface area contributed by atoms with E-state index in [2.05, 4.69) is 46.9 Å². The Morgan fingerprint density at radius 1 is 1.04 bits per heavy atom. The maximum absolute atomic E-state index is 14.7. The van der Waals surface area contributed by atoms with Crippen molar-refractivity contribution in [2.45, 2.75) is 127 Å². The third-order valence-corrected chi connectivity index (χ3v) is 13.9. The number of anilines is 1. The van der Waals surface area contributed by atoms with Crippen LogP contribution in [0.5, 0.6) is 5.88 Å². The van der Waals surface area contributed by atoms with Gasteiger partial charge in [0.15, 0.2) is 5.82 Å². The fourth-order valence-corrected chi connectivity index (χ4v) is 9.41. The fourth-order valence-electron chi connectivity index (χ4n) is 7.34. The van der Waals surface area contributed by atoms with E-state index >= 15 is 0 Å². The number of likely N-dealkylation sites (tertiary alicyclic amines) is 1. The normalized spacial score (nSPS) is 24.2. The number of alkyl carbamates (subject to hydrolysis) is 1. The molecule has 0 spiro atoms. The van der Waals surface area contributed by atoms with Crippen LogP contribution in [-0.4, -0.2) is 103 Å². The van der Waals surface area contributed by atoms with Crippen molar-refractivity contribution in [2.75, 3.05) is 18.0 Å². The van der Waals surface area contributed by atoms with E-state index in [1.165, 1.54) is 11.0 Å². The molecule has 0 unspecified atom stereocenters. The van der Waals surface area contributed by atoms with E-state index in [1.807, 2.05) is 51.1 Å². The minimum absolute atomic E-state index is 0.0140. The average molecular weight is 824 g/mol. The zero-order valence-electron chi connectivity index (χ0n) is 33.8. The number of ether oxygens (including phenoxy) is 2. The molecule has 310 valence electrons. The number of rotatable bonds is 15. The minimum Gasteiger partial charge on any atom is -0.472 e. The molecule has 17 heteroatoms. The van der Waals surface area contributed by atoms with E-state index in [9.17, 15) is 27.6 Å². The van der Waals surface area contributed by atoms with E-state index < -0.39 is 82.2 Å². The van der Waals surface area contributed by atoms with Crippen molar-refractivity contribution in [3.8, 4) is 17.3 Å². The van der Waals surface area contributed by atoms with Crippen LogP contribution < -0.4 is 25.4 Å². The molecule has 5 atom stereocenters. The van der Waals surface area contributed by atoms with E-state index in [1.54, 1.807) is 6.07 Å². The molecule has 2 heterocycles. The summed E-state index contributed by atoms with van der Waals surface area (Å²) < 4.78 is 39.9. The third kappa shape index (κ3) is 10.3. The van der Waals surface area contributed by atoms with Crippen molar-refractivity contribution in [2.24, 2.45) is 11.3 Å². The van der Waals surface area contributed by atoms with Gasteiger partial charge in [-0.25, -0.2) is 18.2 Å². The molecule has 0 bridgehead atoms. The Balaban J connectivity index is 1.29. The molecule has 1 aromatic carbocycles. The first-order chi connectivity index (χ1) is 26.8. The van der Waals surface area contributed by atoms with Crippen molar-refractivity contribution < 1.29 is 37.1 Å². The number of amides is 4. The monoisotopic (exact) mass is 823 g/mol. The maximum atomic E-state index is 14.7. The summed E-state index contributed by atoms with van der Waals surface area (Å²) in [6, 6.07) is 8.91. The van der Waals surface area contributed by atoms with Gasteiger partial charge in [-0.05, 0) is 50.4 Å². The molecule has 6 rings (SSSR count). The summed E-state index contributed by atoms with van der Waals surface area (Å²) >= 11 is 0. The number of carbonyl (C=O) groups is 4. The summed E-state index contributed by atoms with van der Waals surface area (Å²) in [7, 11) is -5.44. The van der Waals surface area contributed by atoms with Crippen molar-refractivity contribution in [3.05, 3.63) is 49.1 Å². The highest BCUT2D eigenvalue weighted by atomic mass is 32.2. The van der Waals surface area contributed by atoms with Crippen LogP contribution in [-0.2, 0) is 29.1 Å². The number of carbonyl (C=O) groups excluding carboxylic acids is 4. The molecule has 1 aromatic heterocycles. The Morgan fingerprint density at radius 3 is 2.32 bits per heavy atom. The molecule has 1 saturated heterocycles. The predicted molar refractivity (Wildman–Crippen MR) is 218 cm³/mol. The number of sulfonamides is 1. The van der Waals surface area contributed by atoms with Crippen molar-refractivity contribution in [3.63, 3.8) is 0 Å². The number of hydrogen-bond donors (Lipinski definition) is 4. The van der Waals surface area contributed by atoms with Gasteiger partial charge in [0.05, 0.1) is 19.9 Å². The van der Waals surface area contributed by atoms with Crippen LogP contribution in [0.4, 0.5) is 10.6 Å². The van der Waals surface area contributed by atoms with Gasteiger partial charge < -0.3 is 30.3 Å². The quantitative estimate of drug-likeness (QED) is 0.145. The average Bonchev–Trinajstić information content (AvgIpc) is 4.03. The first kappa shape index (κ1) is 42.1. The van der Waals surface area contributed by atoms with Crippen molar-refractivity contribution in [1.82, 2.24) is 30.2 Å². The summed E-state index contributed by atoms with van der Waals surface area (Å²) in [5.41, 5.74) is -1.59. The molecular weight excluding hydrogens is 767 g/mol. The fraction of sp³-hybridized carbons (Fsp3) is 0.600. The second-order valence-corrected chi connectivity index (χ2v) is 25.6. The van der Waals surface area contributed by atoms with Crippen LogP contribution in [0.2, 0.25) is 19.6 Å². The number of nitrogens with zero attached hydrogens (tertiary/aromatic N) is 3. The lowest BCUT2D eigenvalue weighted by molar-refractivity contribution is -0.143. The van der Waals surface area contributed by atoms with Crippen LogP contribution in [0, 0.1) is 11.3 Å². The zero-order valence-corrected chi connectivity index (χ0v) is 35.6. The van der Waals surface area contributed by atoms with Gasteiger partial charge >= 0.3 is 6.09 Å². The van der Waals surface area contributed by atoms with Crippen LogP contribution in [0.3, 0.4) is 0 Å². The Morgan fingerprint density at radius 2 is 1.72 bits per heavy atom. The first-order valence-corrected chi connectivity index (χ1v) is 25.2. The molecule has 3 saturated carbocycles. The summed E-state index contributed by atoms with van der Waals surface area (Å²) in [5, 5.41) is 8.39. The van der Waals surface area contributed by atoms with Gasteiger partial charge in [0.25, 0.3) is 5.91 Å².